The highest BCUT2D eigenvalue weighted by Gasteiger charge is 2.38. The second-order valence-electron chi connectivity index (χ2n) is 4.25. The van der Waals surface area contributed by atoms with Crippen LogP contribution in [0.25, 0.3) is 0 Å². The number of phenols is 1. The average molecular weight is 221 g/mol. The zero-order valence-electron chi connectivity index (χ0n) is 9.13. The Morgan fingerprint density at radius 3 is 2.88 bits per heavy atom. The predicted molar refractivity (Wildman–Crippen MR) is 59.5 cm³/mol. The van der Waals surface area contributed by atoms with E-state index in [-0.39, 0.29) is 11.7 Å². The lowest BCUT2D eigenvalue weighted by molar-refractivity contribution is -0.142. The summed E-state index contributed by atoms with van der Waals surface area (Å²) in [6.45, 7) is 0.775. The van der Waals surface area contributed by atoms with Crippen molar-refractivity contribution >= 4 is 5.97 Å². The van der Waals surface area contributed by atoms with Crippen molar-refractivity contribution in [2.24, 2.45) is 0 Å². The third kappa shape index (κ3) is 1.88. The first-order chi connectivity index (χ1) is 7.59. The molecule has 0 saturated carbocycles. The first kappa shape index (κ1) is 11.0. The van der Waals surface area contributed by atoms with Gasteiger partial charge in [-0.3, -0.25) is 9.69 Å². The van der Waals surface area contributed by atoms with E-state index in [1.54, 1.807) is 18.2 Å². The van der Waals surface area contributed by atoms with Gasteiger partial charge in [0, 0.05) is 5.92 Å². The zero-order valence-corrected chi connectivity index (χ0v) is 9.13. The van der Waals surface area contributed by atoms with Gasteiger partial charge in [0.1, 0.15) is 11.8 Å². The third-order valence-electron chi connectivity index (χ3n) is 3.20. The van der Waals surface area contributed by atoms with Crippen LogP contribution in [0.3, 0.4) is 0 Å². The number of carbonyl (C=O) groups is 1. The fourth-order valence-electron chi connectivity index (χ4n) is 2.41. The van der Waals surface area contributed by atoms with Crippen LogP contribution in [-0.2, 0) is 4.79 Å². The predicted octanol–water partition coefficient (Wildman–Crippen LogP) is 1.26. The molecule has 4 heteroatoms. The molecule has 2 rings (SSSR count). The molecule has 4 nitrogen and oxygen atoms in total. The quantitative estimate of drug-likeness (QED) is 0.789. The lowest BCUT2D eigenvalue weighted by atomic mass is 9.91. The minimum Gasteiger partial charge on any atom is -0.508 e. The molecule has 0 bridgehead atoms. The standard InChI is InChI=1S/C12H15NO3/c1-13-6-5-10(11(13)12(15)16)8-3-2-4-9(14)7-8/h2-4,7,10-11,14H,5-6H2,1H3,(H,15,16). The van der Waals surface area contributed by atoms with Crippen LogP contribution >= 0.6 is 0 Å². The maximum absolute atomic E-state index is 11.2. The topological polar surface area (TPSA) is 60.8 Å². The van der Waals surface area contributed by atoms with Gasteiger partial charge in [-0.1, -0.05) is 12.1 Å². The summed E-state index contributed by atoms with van der Waals surface area (Å²) < 4.78 is 0. The minimum absolute atomic E-state index is 0.0328. The molecule has 0 aromatic heterocycles. The molecule has 1 aliphatic heterocycles. The van der Waals surface area contributed by atoms with E-state index < -0.39 is 12.0 Å². The van der Waals surface area contributed by atoms with Crippen LogP contribution in [-0.4, -0.2) is 40.7 Å². The number of carboxylic acid groups (broad SMARTS) is 1. The molecule has 2 unspecified atom stereocenters. The van der Waals surface area contributed by atoms with Gasteiger partial charge in [-0.05, 0) is 37.7 Å². The highest BCUT2D eigenvalue weighted by Crippen LogP contribution is 2.33. The molecule has 1 aromatic rings. The molecule has 0 amide bonds. The number of phenolic OH excluding ortho intramolecular Hbond substituents is 1. The molecular formula is C12H15NO3. The highest BCUT2D eigenvalue weighted by atomic mass is 16.4. The summed E-state index contributed by atoms with van der Waals surface area (Å²) in [4.78, 5) is 13.0. The summed E-state index contributed by atoms with van der Waals surface area (Å²) in [5.41, 5.74) is 0.900. The molecule has 86 valence electrons. The summed E-state index contributed by atoms with van der Waals surface area (Å²) in [5, 5.41) is 18.6. The van der Waals surface area contributed by atoms with E-state index in [4.69, 9.17) is 0 Å². The second-order valence-corrected chi connectivity index (χ2v) is 4.25. The number of aliphatic carboxylic acids is 1. The molecule has 2 atom stereocenters. The molecule has 2 N–H and O–H groups in total. The van der Waals surface area contributed by atoms with Gasteiger partial charge >= 0.3 is 5.97 Å². The van der Waals surface area contributed by atoms with Gasteiger partial charge in [0.2, 0.25) is 0 Å². The molecule has 0 radical (unpaired) electrons. The summed E-state index contributed by atoms with van der Waals surface area (Å²) in [6.07, 6.45) is 0.816. The number of hydrogen-bond donors (Lipinski definition) is 2. The highest BCUT2D eigenvalue weighted by molar-refractivity contribution is 5.75. The Bertz CT molecular complexity index is 405. The molecule has 16 heavy (non-hydrogen) atoms. The van der Waals surface area contributed by atoms with E-state index in [0.717, 1.165) is 18.5 Å². The SMILES string of the molecule is CN1CCC(c2cccc(O)c2)C1C(=O)O. The largest absolute Gasteiger partial charge is 0.508 e. The van der Waals surface area contributed by atoms with Crippen molar-refractivity contribution in [1.82, 2.24) is 4.90 Å². The number of carboxylic acids is 1. The molecule has 1 aliphatic rings. The van der Waals surface area contributed by atoms with Crippen molar-refractivity contribution in [3.05, 3.63) is 29.8 Å². The van der Waals surface area contributed by atoms with Crippen LogP contribution in [0.5, 0.6) is 5.75 Å². The number of likely N-dealkylation sites (tertiary alicyclic amines) is 1. The van der Waals surface area contributed by atoms with E-state index in [0.29, 0.717) is 0 Å². The van der Waals surface area contributed by atoms with E-state index in [1.807, 2.05) is 18.0 Å². The molecule has 0 spiro atoms. The molecule has 1 aromatic carbocycles. The van der Waals surface area contributed by atoms with Crippen LogP contribution in [0.1, 0.15) is 17.9 Å². The summed E-state index contributed by atoms with van der Waals surface area (Å²) in [6, 6.07) is 6.39. The Morgan fingerprint density at radius 1 is 1.50 bits per heavy atom. The monoisotopic (exact) mass is 221 g/mol. The van der Waals surface area contributed by atoms with Crippen molar-refractivity contribution in [3.8, 4) is 5.75 Å². The van der Waals surface area contributed by atoms with Crippen molar-refractivity contribution in [2.75, 3.05) is 13.6 Å². The van der Waals surface area contributed by atoms with Gasteiger partial charge in [0.25, 0.3) is 0 Å². The van der Waals surface area contributed by atoms with Crippen LogP contribution < -0.4 is 0 Å². The van der Waals surface area contributed by atoms with Gasteiger partial charge < -0.3 is 10.2 Å². The maximum atomic E-state index is 11.2. The Labute approximate surface area is 94.1 Å². The first-order valence-electron chi connectivity index (χ1n) is 5.31. The smallest absolute Gasteiger partial charge is 0.321 e. The van der Waals surface area contributed by atoms with Crippen LogP contribution in [0.4, 0.5) is 0 Å². The van der Waals surface area contributed by atoms with E-state index >= 15 is 0 Å². The van der Waals surface area contributed by atoms with E-state index in [9.17, 15) is 15.0 Å². The van der Waals surface area contributed by atoms with E-state index in [2.05, 4.69) is 0 Å². The molecule has 1 saturated heterocycles. The van der Waals surface area contributed by atoms with Crippen LogP contribution in [0.2, 0.25) is 0 Å². The number of benzene rings is 1. The Hall–Kier alpha value is -1.55. The normalized spacial score (nSPS) is 25.8. The van der Waals surface area contributed by atoms with Gasteiger partial charge in [-0.2, -0.15) is 0 Å². The molecule has 1 heterocycles. The third-order valence-corrected chi connectivity index (χ3v) is 3.20. The van der Waals surface area contributed by atoms with E-state index in [1.165, 1.54) is 0 Å². The Kier molecular flexibility index (Phi) is 2.83. The summed E-state index contributed by atoms with van der Waals surface area (Å²) in [7, 11) is 1.82. The lowest BCUT2D eigenvalue weighted by Gasteiger charge is -2.20. The average Bonchev–Trinajstić information content (AvgIpc) is 2.60. The van der Waals surface area contributed by atoms with Crippen LogP contribution in [0, 0.1) is 0 Å². The van der Waals surface area contributed by atoms with Crippen molar-refractivity contribution in [3.63, 3.8) is 0 Å². The molecular weight excluding hydrogens is 206 g/mol. The van der Waals surface area contributed by atoms with Gasteiger partial charge in [-0.15, -0.1) is 0 Å². The first-order valence-corrected chi connectivity index (χ1v) is 5.31. The zero-order chi connectivity index (χ0) is 11.7. The Balaban J connectivity index is 2.30. The van der Waals surface area contributed by atoms with Crippen LogP contribution in [0.15, 0.2) is 24.3 Å². The lowest BCUT2D eigenvalue weighted by Crippen LogP contribution is -2.36. The fraction of sp³-hybridized carbons (Fsp3) is 0.417. The number of nitrogens with zero attached hydrogens (tertiary/aromatic N) is 1. The number of rotatable bonds is 2. The van der Waals surface area contributed by atoms with Gasteiger partial charge in [0.15, 0.2) is 0 Å². The number of aromatic hydroxyl groups is 1. The van der Waals surface area contributed by atoms with Crippen molar-refractivity contribution in [1.29, 1.82) is 0 Å². The second kappa shape index (κ2) is 4.14. The molecule has 1 fully saturated rings. The summed E-state index contributed by atoms with van der Waals surface area (Å²) in [5.74, 6) is -0.640. The Morgan fingerprint density at radius 2 is 2.25 bits per heavy atom. The maximum Gasteiger partial charge on any atom is 0.321 e. The fourth-order valence-corrected chi connectivity index (χ4v) is 2.41. The summed E-state index contributed by atoms with van der Waals surface area (Å²) >= 11 is 0. The minimum atomic E-state index is -0.798. The number of hydrogen-bond acceptors (Lipinski definition) is 3. The van der Waals surface area contributed by atoms with Gasteiger partial charge in [0.05, 0.1) is 0 Å². The molecule has 0 aliphatic carbocycles. The van der Waals surface area contributed by atoms with Gasteiger partial charge in [-0.25, -0.2) is 0 Å². The van der Waals surface area contributed by atoms with Crippen molar-refractivity contribution in [2.45, 2.75) is 18.4 Å². The number of likely N-dealkylation sites (N-methyl/N-ethyl adjacent to an activating group) is 1. The van der Waals surface area contributed by atoms with Crippen molar-refractivity contribution < 1.29 is 15.0 Å².